The van der Waals surface area contributed by atoms with E-state index in [9.17, 15) is 4.79 Å². The van der Waals surface area contributed by atoms with Gasteiger partial charge in [-0.2, -0.15) is 0 Å². The molecule has 0 bridgehead atoms. The highest BCUT2D eigenvalue weighted by Crippen LogP contribution is 2.32. The Bertz CT molecular complexity index is 652. The minimum atomic E-state index is -0.0506. The summed E-state index contributed by atoms with van der Waals surface area (Å²) in [4.78, 5) is 14.4. The summed E-state index contributed by atoms with van der Waals surface area (Å²) in [7, 11) is 0. The van der Waals surface area contributed by atoms with Gasteiger partial charge in [0.2, 0.25) is 0 Å². The molecule has 2 amide bonds. The summed E-state index contributed by atoms with van der Waals surface area (Å²) in [6.07, 6.45) is 2.05. The highest BCUT2D eigenvalue weighted by molar-refractivity contribution is 6.30. The molecule has 0 radical (unpaired) electrons. The number of urea groups is 1. The summed E-state index contributed by atoms with van der Waals surface area (Å²) in [6, 6.07) is 15.7. The molecule has 3 rings (SSSR count). The van der Waals surface area contributed by atoms with Crippen molar-refractivity contribution in [1.29, 1.82) is 0 Å². The Morgan fingerprint density at radius 1 is 1.14 bits per heavy atom. The molecule has 22 heavy (non-hydrogen) atoms. The zero-order chi connectivity index (χ0) is 15.5. The first-order valence-electron chi connectivity index (χ1n) is 7.53. The zero-order valence-corrected chi connectivity index (χ0v) is 13.3. The lowest BCUT2D eigenvalue weighted by atomic mass is 10.0. The van der Waals surface area contributed by atoms with Crippen molar-refractivity contribution in [3.63, 3.8) is 0 Å². The molecule has 1 atom stereocenters. The average molecular weight is 315 g/mol. The van der Waals surface area contributed by atoms with Crippen molar-refractivity contribution in [1.82, 2.24) is 4.90 Å². The first-order chi connectivity index (χ1) is 10.6. The molecule has 1 heterocycles. The minimum Gasteiger partial charge on any atom is -0.317 e. The standard InChI is InChI=1S/C18H19ClN2O/c1-13-4-6-14(7-5-13)17-3-2-12-21(17)18(22)20-16-10-8-15(19)9-11-16/h4-11,17H,2-3,12H2,1H3,(H,20,22)/t17-/m1/s1. The van der Waals surface area contributed by atoms with Crippen LogP contribution in [0.5, 0.6) is 0 Å². The molecular formula is C18H19ClN2O. The van der Waals surface area contributed by atoms with E-state index in [2.05, 4.69) is 36.5 Å². The van der Waals surface area contributed by atoms with Gasteiger partial charge in [0, 0.05) is 17.3 Å². The molecule has 114 valence electrons. The summed E-state index contributed by atoms with van der Waals surface area (Å²) >= 11 is 5.87. The van der Waals surface area contributed by atoms with Crippen molar-refractivity contribution in [2.75, 3.05) is 11.9 Å². The number of carbonyl (C=O) groups excluding carboxylic acids is 1. The second-order valence-electron chi connectivity index (χ2n) is 5.70. The van der Waals surface area contributed by atoms with Crippen molar-refractivity contribution >= 4 is 23.3 Å². The van der Waals surface area contributed by atoms with E-state index in [-0.39, 0.29) is 12.1 Å². The number of halogens is 1. The van der Waals surface area contributed by atoms with Crippen LogP contribution in [0.3, 0.4) is 0 Å². The van der Waals surface area contributed by atoms with Crippen LogP contribution in [0, 0.1) is 6.92 Å². The maximum Gasteiger partial charge on any atom is 0.322 e. The Kier molecular flexibility index (Phi) is 4.34. The predicted octanol–water partition coefficient (Wildman–Crippen LogP) is 5.02. The van der Waals surface area contributed by atoms with Crippen LogP contribution in [0.15, 0.2) is 48.5 Å². The summed E-state index contributed by atoms with van der Waals surface area (Å²) in [5.74, 6) is 0. The Balaban J connectivity index is 1.73. The Labute approximate surface area is 135 Å². The van der Waals surface area contributed by atoms with Crippen LogP contribution in [0.1, 0.15) is 30.0 Å². The monoisotopic (exact) mass is 314 g/mol. The van der Waals surface area contributed by atoms with Gasteiger partial charge in [-0.3, -0.25) is 0 Å². The number of rotatable bonds is 2. The summed E-state index contributed by atoms with van der Waals surface area (Å²) in [6.45, 7) is 2.86. The number of carbonyl (C=O) groups is 1. The second kappa shape index (κ2) is 6.41. The fourth-order valence-electron chi connectivity index (χ4n) is 2.87. The Morgan fingerprint density at radius 2 is 1.82 bits per heavy atom. The van der Waals surface area contributed by atoms with E-state index >= 15 is 0 Å². The zero-order valence-electron chi connectivity index (χ0n) is 12.6. The molecule has 0 spiro atoms. The van der Waals surface area contributed by atoms with Gasteiger partial charge < -0.3 is 10.2 Å². The smallest absolute Gasteiger partial charge is 0.317 e. The summed E-state index contributed by atoms with van der Waals surface area (Å²) in [5.41, 5.74) is 3.21. The van der Waals surface area contributed by atoms with Gasteiger partial charge in [-0.15, -0.1) is 0 Å². The number of amides is 2. The molecule has 2 aromatic rings. The van der Waals surface area contributed by atoms with Crippen molar-refractivity contribution < 1.29 is 4.79 Å². The third kappa shape index (κ3) is 3.25. The van der Waals surface area contributed by atoms with Crippen molar-refractivity contribution in [3.05, 3.63) is 64.7 Å². The van der Waals surface area contributed by atoms with Gasteiger partial charge in [0.05, 0.1) is 6.04 Å². The maximum atomic E-state index is 12.5. The van der Waals surface area contributed by atoms with Gasteiger partial charge in [-0.25, -0.2) is 4.79 Å². The third-order valence-electron chi connectivity index (χ3n) is 4.07. The number of likely N-dealkylation sites (tertiary alicyclic amines) is 1. The summed E-state index contributed by atoms with van der Waals surface area (Å²) in [5, 5.41) is 3.61. The third-order valence-corrected chi connectivity index (χ3v) is 4.32. The normalized spacial score (nSPS) is 17.5. The number of anilines is 1. The highest BCUT2D eigenvalue weighted by Gasteiger charge is 2.29. The van der Waals surface area contributed by atoms with Crippen LogP contribution in [-0.2, 0) is 0 Å². The predicted molar refractivity (Wildman–Crippen MR) is 90.3 cm³/mol. The first-order valence-corrected chi connectivity index (χ1v) is 7.91. The number of hydrogen-bond donors (Lipinski definition) is 1. The van der Waals surface area contributed by atoms with Gasteiger partial charge in [0.15, 0.2) is 0 Å². The van der Waals surface area contributed by atoms with Gasteiger partial charge in [0.1, 0.15) is 0 Å². The lowest BCUT2D eigenvalue weighted by Crippen LogP contribution is -2.34. The van der Waals surface area contributed by atoms with E-state index in [1.54, 1.807) is 12.1 Å². The van der Waals surface area contributed by atoms with Crippen LogP contribution in [0.4, 0.5) is 10.5 Å². The first kappa shape index (κ1) is 14.9. The largest absolute Gasteiger partial charge is 0.322 e. The van der Waals surface area contributed by atoms with Gasteiger partial charge in [0.25, 0.3) is 0 Å². The summed E-state index contributed by atoms with van der Waals surface area (Å²) < 4.78 is 0. The van der Waals surface area contributed by atoms with Crippen LogP contribution in [-0.4, -0.2) is 17.5 Å². The SMILES string of the molecule is Cc1ccc([C@H]2CCCN2C(=O)Nc2ccc(Cl)cc2)cc1. The van der Waals surface area contributed by atoms with E-state index in [0.717, 1.165) is 25.1 Å². The fraction of sp³-hybridized carbons (Fsp3) is 0.278. The van der Waals surface area contributed by atoms with E-state index in [1.807, 2.05) is 17.0 Å². The second-order valence-corrected chi connectivity index (χ2v) is 6.14. The molecule has 0 aliphatic carbocycles. The number of nitrogens with one attached hydrogen (secondary N) is 1. The molecular weight excluding hydrogens is 296 g/mol. The van der Waals surface area contributed by atoms with Crippen LogP contribution in [0.25, 0.3) is 0 Å². The van der Waals surface area contributed by atoms with E-state index in [4.69, 9.17) is 11.6 Å². The number of nitrogens with zero attached hydrogens (tertiary/aromatic N) is 1. The topological polar surface area (TPSA) is 32.3 Å². The molecule has 1 saturated heterocycles. The lowest BCUT2D eigenvalue weighted by molar-refractivity contribution is 0.207. The molecule has 1 aliphatic rings. The van der Waals surface area contributed by atoms with Gasteiger partial charge in [-0.1, -0.05) is 41.4 Å². The van der Waals surface area contributed by atoms with E-state index in [1.165, 1.54) is 11.1 Å². The minimum absolute atomic E-state index is 0.0506. The molecule has 0 aromatic heterocycles. The van der Waals surface area contributed by atoms with Crippen LogP contribution >= 0.6 is 11.6 Å². The fourth-order valence-corrected chi connectivity index (χ4v) is 3.00. The molecule has 0 saturated carbocycles. The van der Waals surface area contributed by atoms with Gasteiger partial charge >= 0.3 is 6.03 Å². The highest BCUT2D eigenvalue weighted by atomic mass is 35.5. The quantitative estimate of drug-likeness (QED) is 0.829. The number of aryl methyl sites for hydroxylation is 1. The molecule has 1 N–H and O–H groups in total. The molecule has 2 aromatic carbocycles. The van der Waals surface area contributed by atoms with Crippen LogP contribution in [0.2, 0.25) is 5.02 Å². The lowest BCUT2D eigenvalue weighted by Gasteiger charge is -2.25. The number of hydrogen-bond acceptors (Lipinski definition) is 1. The van der Waals surface area contributed by atoms with E-state index in [0.29, 0.717) is 5.02 Å². The van der Waals surface area contributed by atoms with Crippen molar-refractivity contribution in [2.45, 2.75) is 25.8 Å². The molecule has 4 heteroatoms. The average Bonchev–Trinajstić information content (AvgIpc) is 3.00. The van der Waals surface area contributed by atoms with Crippen molar-refractivity contribution in [3.8, 4) is 0 Å². The number of benzene rings is 2. The van der Waals surface area contributed by atoms with Gasteiger partial charge in [-0.05, 0) is 49.6 Å². The van der Waals surface area contributed by atoms with E-state index < -0.39 is 0 Å². The van der Waals surface area contributed by atoms with Crippen LogP contribution < -0.4 is 5.32 Å². The molecule has 1 aliphatic heterocycles. The van der Waals surface area contributed by atoms with Crippen molar-refractivity contribution in [2.24, 2.45) is 0 Å². The molecule has 0 unspecified atom stereocenters. The molecule has 3 nitrogen and oxygen atoms in total. The molecule has 1 fully saturated rings. The Hall–Kier alpha value is -2.00. The Morgan fingerprint density at radius 3 is 2.50 bits per heavy atom. The maximum absolute atomic E-state index is 12.5.